The summed E-state index contributed by atoms with van der Waals surface area (Å²) in [5.74, 6) is 0. The van der Waals surface area contributed by atoms with Gasteiger partial charge in [0.25, 0.3) is 0 Å². The predicted molar refractivity (Wildman–Crippen MR) is 82.6 cm³/mol. The Hall–Kier alpha value is -1.12. The molecule has 1 aromatic rings. The molecule has 1 aromatic carbocycles. The number of hydrogen-bond acceptors (Lipinski definition) is 5. The first kappa shape index (κ1) is 16.3. The van der Waals surface area contributed by atoms with Crippen molar-refractivity contribution in [3.63, 3.8) is 0 Å². The van der Waals surface area contributed by atoms with E-state index in [-0.39, 0.29) is 10.9 Å². The monoisotopic (exact) mass is 332 g/mol. The summed E-state index contributed by atoms with van der Waals surface area (Å²) < 4.78 is 49.3. The Morgan fingerprint density at radius 3 is 2.48 bits per heavy atom. The first-order valence-corrected chi connectivity index (χ1v) is 10.2. The van der Waals surface area contributed by atoms with Gasteiger partial charge in [-0.3, -0.25) is 0 Å². The molecule has 2 rings (SSSR count). The average Bonchev–Trinajstić information content (AvgIpc) is 2.87. The van der Waals surface area contributed by atoms with Gasteiger partial charge < -0.3 is 5.32 Å². The number of sulfonamides is 1. The molecule has 0 heterocycles. The van der Waals surface area contributed by atoms with Gasteiger partial charge >= 0.3 is 0 Å². The van der Waals surface area contributed by atoms with Crippen molar-refractivity contribution in [3.8, 4) is 0 Å². The van der Waals surface area contributed by atoms with Gasteiger partial charge in [0.05, 0.1) is 10.1 Å². The van der Waals surface area contributed by atoms with E-state index in [1.807, 2.05) is 0 Å². The maximum atomic E-state index is 11.8. The molecule has 0 aliphatic heterocycles. The topological polar surface area (TPSA) is 92.3 Å². The molecule has 6 nitrogen and oxygen atoms in total. The highest BCUT2D eigenvalue weighted by molar-refractivity contribution is 7.91. The fourth-order valence-electron chi connectivity index (χ4n) is 2.69. The molecule has 0 amide bonds. The van der Waals surface area contributed by atoms with Crippen LogP contribution in [0, 0.1) is 0 Å². The number of benzene rings is 1. The fourth-order valence-corrected chi connectivity index (χ4v) is 4.86. The van der Waals surface area contributed by atoms with Gasteiger partial charge in [0.2, 0.25) is 10.0 Å². The zero-order valence-electron chi connectivity index (χ0n) is 12.0. The number of sulfone groups is 1. The summed E-state index contributed by atoms with van der Waals surface area (Å²) in [4.78, 5) is 0.156. The van der Waals surface area contributed by atoms with Crippen LogP contribution in [0.25, 0.3) is 0 Å². The molecule has 1 aliphatic rings. The molecule has 8 heteroatoms. The Morgan fingerprint density at radius 1 is 1.14 bits per heavy atom. The van der Waals surface area contributed by atoms with Gasteiger partial charge in [0.1, 0.15) is 0 Å². The van der Waals surface area contributed by atoms with Crippen LogP contribution in [0.4, 0.5) is 5.69 Å². The molecule has 1 saturated carbocycles. The molecule has 0 spiro atoms. The Morgan fingerprint density at radius 2 is 1.86 bits per heavy atom. The standard InChI is InChI=1S/C13H20N2O4S2/c1-14-21(18,19)11-6-3-5-10(9-11)15-12-7-4-8-13(12)20(2,16)17/h3,5-6,9,12-15H,4,7-8H2,1-2H3. The van der Waals surface area contributed by atoms with Crippen molar-refractivity contribution in [3.05, 3.63) is 24.3 Å². The van der Waals surface area contributed by atoms with E-state index in [2.05, 4.69) is 10.0 Å². The second-order valence-electron chi connectivity index (χ2n) is 5.29. The smallest absolute Gasteiger partial charge is 0.240 e. The summed E-state index contributed by atoms with van der Waals surface area (Å²) in [5, 5.41) is 2.75. The lowest BCUT2D eigenvalue weighted by Gasteiger charge is -2.21. The Kier molecular flexibility index (Phi) is 4.60. The molecule has 1 fully saturated rings. The summed E-state index contributed by atoms with van der Waals surface area (Å²) in [6.45, 7) is 0. The van der Waals surface area contributed by atoms with Crippen LogP contribution in [0.5, 0.6) is 0 Å². The van der Waals surface area contributed by atoms with Crippen LogP contribution >= 0.6 is 0 Å². The number of hydrogen-bond donors (Lipinski definition) is 2. The Bertz CT molecular complexity index is 713. The molecule has 2 atom stereocenters. The first-order chi connectivity index (χ1) is 9.74. The van der Waals surface area contributed by atoms with Crippen molar-refractivity contribution in [1.82, 2.24) is 4.72 Å². The van der Waals surface area contributed by atoms with Crippen LogP contribution < -0.4 is 10.0 Å². The highest BCUT2D eigenvalue weighted by Crippen LogP contribution is 2.28. The largest absolute Gasteiger partial charge is 0.381 e. The van der Waals surface area contributed by atoms with Crippen molar-refractivity contribution < 1.29 is 16.8 Å². The number of anilines is 1. The van der Waals surface area contributed by atoms with Crippen molar-refractivity contribution in [2.45, 2.75) is 35.4 Å². The molecular formula is C13H20N2O4S2. The normalized spacial score (nSPS) is 23.1. The van der Waals surface area contributed by atoms with Crippen molar-refractivity contribution in [1.29, 1.82) is 0 Å². The van der Waals surface area contributed by atoms with E-state index in [1.54, 1.807) is 12.1 Å². The third-order valence-electron chi connectivity index (χ3n) is 3.77. The van der Waals surface area contributed by atoms with Crippen molar-refractivity contribution in [2.75, 3.05) is 18.6 Å². The quantitative estimate of drug-likeness (QED) is 0.838. The SMILES string of the molecule is CNS(=O)(=O)c1cccc(NC2CCCC2S(C)(=O)=O)c1. The number of rotatable bonds is 5. The van der Waals surface area contributed by atoms with E-state index in [1.165, 1.54) is 25.4 Å². The summed E-state index contributed by atoms with van der Waals surface area (Å²) in [6.07, 6.45) is 3.51. The van der Waals surface area contributed by atoms with E-state index in [9.17, 15) is 16.8 Å². The third kappa shape index (κ3) is 3.75. The van der Waals surface area contributed by atoms with Crippen LogP contribution in [0.2, 0.25) is 0 Å². The van der Waals surface area contributed by atoms with E-state index < -0.39 is 25.1 Å². The summed E-state index contributed by atoms with van der Waals surface area (Å²) in [5.41, 5.74) is 0.617. The molecule has 1 aliphatic carbocycles. The molecule has 0 bridgehead atoms. The van der Waals surface area contributed by atoms with Gasteiger partial charge in [0, 0.05) is 18.0 Å². The predicted octanol–water partition coefficient (Wildman–Crippen LogP) is 0.972. The lowest BCUT2D eigenvalue weighted by atomic mass is 10.2. The second-order valence-corrected chi connectivity index (χ2v) is 9.44. The Balaban J connectivity index is 2.23. The summed E-state index contributed by atoms with van der Waals surface area (Å²) in [7, 11) is -5.26. The molecule has 118 valence electrons. The van der Waals surface area contributed by atoms with Gasteiger partial charge in [-0.25, -0.2) is 21.6 Å². The minimum Gasteiger partial charge on any atom is -0.381 e. The number of nitrogens with one attached hydrogen (secondary N) is 2. The maximum Gasteiger partial charge on any atom is 0.240 e. The molecule has 0 radical (unpaired) electrons. The van der Waals surface area contributed by atoms with Crippen molar-refractivity contribution >= 4 is 25.5 Å². The third-order valence-corrected chi connectivity index (χ3v) is 6.84. The van der Waals surface area contributed by atoms with E-state index in [0.717, 1.165) is 12.8 Å². The zero-order chi connectivity index (χ0) is 15.7. The minimum atomic E-state index is -3.50. The highest BCUT2D eigenvalue weighted by Gasteiger charge is 2.34. The van der Waals surface area contributed by atoms with Gasteiger partial charge in [-0.1, -0.05) is 6.07 Å². The maximum absolute atomic E-state index is 11.8. The van der Waals surface area contributed by atoms with E-state index >= 15 is 0 Å². The van der Waals surface area contributed by atoms with Crippen LogP contribution in [0.1, 0.15) is 19.3 Å². The van der Waals surface area contributed by atoms with Gasteiger partial charge in [-0.2, -0.15) is 0 Å². The van der Waals surface area contributed by atoms with Crippen LogP contribution in [0.3, 0.4) is 0 Å². The molecule has 0 saturated heterocycles. The highest BCUT2D eigenvalue weighted by atomic mass is 32.2. The van der Waals surface area contributed by atoms with Gasteiger partial charge in [-0.15, -0.1) is 0 Å². The molecule has 0 aromatic heterocycles. The molecular weight excluding hydrogens is 312 g/mol. The van der Waals surface area contributed by atoms with E-state index in [0.29, 0.717) is 12.1 Å². The fraction of sp³-hybridized carbons (Fsp3) is 0.538. The molecule has 2 N–H and O–H groups in total. The minimum absolute atomic E-state index is 0.156. The lowest BCUT2D eigenvalue weighted by molar-refractivity contribution is 0.579. The zero-order valence-corrected chi connectivity index (χ0v) is 13.7. The summed E-state index contributed by atoms with van der Waals surface area (Å²) in [6, 6.07) is 6.22. The van der Waals surface area contributed by atoms with E-state index in [4.69, 9.17) is 0 Å². The van der Waals surface area contributed by atoms with Gasteiger partial charge in [0.15, 0.2) is 9.84 Å². The van der Waals surface area contributed by atoms with Gasteiger partial charge in [-0.05, 0) is 44.5 Å². The molecule has 2 unspecified atom stereocenters. The Labute approximate surface area is 125 Å². The first-order valence-electron chi connectivity index (χ1n) is 6.73. The van der Waals surface area contributed by atoms with Crippen LogP contribution in [-0.2, 0) is 19.9 Å². The second kappa shape index (κ2) is 5.94. The van der Waals surface area contributed by atoms with Crippen LogP contribution in [-0.4, -0.2) is 41.4 Å². The van der Waals surface area contributed by atoms with Crippen molar-refractivity contribution in [2.24, 2.45) is 0 Å². The summed E-state index contributed by atoms with van der Waals surface area (Å²) >= 11 is 0. The lowest BCUT2D eigenvalue weighted by Crippen LogP contribution is -2.34. The van der Waals surface area contributed by atoms with Crippen LogP contribution in [0.15, 0.2) is 29.2 Å². The molecule has 21 heavy (non-hydrogen) atoms. The average molecular weight is 332 g/mol.